The van der Waals surface area contributed by atoms with Gasteiger partial charge in [-0.2, -0.15) is 5.10 Å². The van der Waals surface area contributed by atoms with E-state index in [0.29, 0.717) is 17.2 Å². The number of nitrogens with zero attached hydrogens (tertiary/aromatic N) is 5. The number of hydrogen-bond donors (Lipinski definition) is 2. The van der Waals surface area contributed by atoms with Crippen LogP contribution in [0.5, 0.6) is 0 Å². The SMILES string of the molecule is CC(=O)Nc1ccc2c(c1)-c1ncnn1Cc1c(C(=O)O)ncn1-2. The fraction of sp³-hybridized carbons (Fsp3) is 0.133. The molecular weight excluding hydrogens is 312 g/mol. The summed E-state index contributed by atoms with van der Waals surface area (Å²) in [5, 5.41) is 16.2. The van der Waals surface area contributed by atoms with Crippen LogP contribution < -0.4 is 5.32 Å². The van der Waals surface area contributed by atoms with Crippen LogP contribution in [0.2, 0.25) is 0 Å². The Morgan fingerprint density at radius 3 is 2.88 bits per heavy atom. The predicted molar refractivity (Wildman–Crippen MR) is 82.9 cm³/mol. The van der Waals surface area contributed by atoms with Gasteiger partial charge in [-0.3, -0.25) is 9.36 Å². The van der Waals surface area contributed by atoms with Crippen molar-refractivity contribution in [1.82, 2.24) is 24.3 Å². The molecule has 1 aliphatic heterocycles. The van der Waals surface area contributed by atoms with Crippen molar-refractivity contribution >= 4 is 17.6 Å². The van der Waals surface area contributed by atoms with Crippen molar-refractivity contribution in [3.8, 4) is 17.1 Å². The summed E-state index contributed by atoms with van der Waals surface area (Å²) >= 11 is 0. The standard InChI is InChI=1S/C15H12N6O3/c1-8(22)19-9-2-3-11-10(4-9)14-16-6-18-21(14)5-12-13(15(23)24)17-7-20(11)12/h2-4,6-7H,5H2,1H3,(H,19,22)(H,23,24). The molecule has 1 aromatic carbocycles. The number of carbonyl (C=O) groups excluding carboxylic acids is 1. The van der Waals surface area contributed by atoms with Gasteiger partial charge in [-0.15, -0.1) is 0 Å². The largest absolute Gasteiger partial charge is 0.476 e. The minimum Gasteiger partial charge on any atom is -0.476 e. The number of carboxylic acid groups (broad SMARTS) is 1. The van der Waals surface area contributed by atoms with Gasteiger partial charge in [-0.1, -0.05) is 0 Å². The smallest absolute Gasteiger partial charge is 0.356 e. The lowest BCUT2D eigenvalue weighted by molar-refractivity contribution is -0.114. The number of anilines is 1. The molecule has 0 fully saturated rings. The van der Waals surface area contributed by atoms with Gasteiger partial charge in [-0.25, -0.2) is 19.4 Å². The van der Waals surface area contributed by atoms with E-state index in [-0.39, 0.29) is 18.1 Å². The molecule has 0 aliphatic carbocycles. The van der Waals surface area contributed by atoms with Crippen molar-refractivity contribution in [3.63, 3.8) is 0 Å². The second-order valence-electron chi connectivity index (χ2n) is 5.37. The number of hydrogen-bond acceptors (Lipinski definition) is 5. The topological polar surface area (TPSA) is 115 Å². The van der Waals surface area contributed by atoms with Gasteiger partial charge in [0.15, 0.2) is 11.5 Å². The highest BCUT2D eigenvalue weighted by Gasteiger charge is 2.26. The zero-order valence-corrected chi connectivity index (χ0v) is 12.6. The van der Waals surface area contributed by atoms with Crippen LogP contribution in [-0.2, 0) is 11.3 Å². The molecule has 2 N–H and O–H groups in total. The van der Waals surface area contributed by atoms with E-state index in [1.807, 2.05) is 0 Å². The molecule has 0 radical (unpaired) electrons. The molecule has 0 unspecified atom stereocenters. The average molecular weight is 324 g/mol. The zero-order valence-electron chi connectivity index (χ0n) is 12.6. The van der Waals surface area contributed by atoms with Gasteiger partial charge in [0, 0.05) is 18.2 Å². The van der Waals surface area contributed by atoms with Gasteiger partial charge in [0.2, 0.25) is 5.91 Å². The van der Waals surface area contributed by atoms with Crippen LogP contribution in [0.15, 0.2) is 30.9 Å². The molecule has 9 heteroatoms. The van der Waals surface area contributed by atoms with Crippen LogP contribution in [-0.4, -0.2) is 41.3 Å². The van der Waals surface area contributed by atoms with Crippen LogP contribution in [0.3, 0.4) is 0 Å². The number of aromatic carboxylic acids is 1. The van der Waals surface area contributed by atoms with Crippen molar-refractivity contribution in [2.75, 3.05) is 5.32 Å². The molecule has 1 amide bonds. The lowest BCUT2D eigenvalue weighted by Gasteiger charge is -2.10. The summed E-state index contributed by atoms with van der Waals surface area (Å²) in [6.07, 6.45) is 2.89. The first-order valence-corrected chi connectivity index (χ1v) is 7.14. The summed E-state index contributed by atoms with van der Waals surface area (Å²) in [7, 11) is 0. The number of amides is 1. The summed E-state index contributed by atoms with van der Waals surface area (Å²) in [6, 6.07) is 5.32. The maximum atomic E-state index is 11.4. The third-order valence-corrected chi connectivity index (χ3v) is 3.80. The van der Waals surface area contributed by atoms with E-state index >= 15 is 0 Å². The molecule has 24 heavy (non-hydrogen) atoms. The summed E-state index contributed by atoms with van der Waals surface area (Å²) in [6.45, 7) is 1.67. The number of imidazole rings is 1. The highest BCUT2D eigenvalue weighted by molar-refractivity contribution is 5.90. The Balaban J connectivity index is 1.98. The fourth-order valence-corrected chi connectivity index (χ4v) is 2.85. The normalized spacial score (nSPS) is 11.9. The molecule has 4 rings (SSSR count). The van der Waals surface area contributed by atoms with Crippen molar-refractivity contribution in [1.29, 1.82) is 0 Å². The molecule has 0 bridgehead atoms. The molecule has 3 aromatic rings. The molecule has 120 valence electrons. The van der Waals surface area contributed by atoms with E-state index in [1.54, 1.807) is 27.4 Å². The van der Waals surface area contributed by atoms with E-state index < -0.39 is 5.97 Å². The van der Waals surface area contributed by atoms with Gasteiger partial charge in [0.1, 0.15) is 12.7 Å². The molecule has 0 saturated carbocycles. The second kappa shape index (κ2) is 5.01. The van der Waals surface area contributed by atoms with Crippen LogP contribution in [0.4, 0.5) is 5.69 Å². The maximum Gasteiger partial charge on any atom is 0.356 e. The Morgan fingerprint density at radius 1 is 1.29 bits per heavy atom. The van der Waals surface area contributed by atoms with Crippen LogP contribution >= 0.6 is 0 Å². The third kappa shape index (κ3) is 2.06. The number of carbonyl (C=O) groups is 2. The summed E-state index contributed by atoms with van der Waals surface area (Å²) in [5.74, 6) is -0.678. The Hall–Kier alpha value is -3.49. The number of carboxylic acids is 1. The first kappa shape index (κ1) is 14.1. The maximum absolute atomic E-state index is 11.4. The van der Waals surface area contributed by atoms with Gasteiger partial charge in [-0.05, 0) is 18.2 Å². The van der Waals surface area contributed by atoms with Crippen molar-refractivity contribution in [2.45, 2.75) is 13.5 Å². The first-order valence-electron chi connectivity index (χ1n) is 7.14. The number of aromatic nitrogens is 5. The number of benzene rings is 1. The van der Waals surface area contributed by atoms with Gasteiger partial charge in [0.25, 0.3) is 0 Å². The Kier molecular flexibility index (Phi) is 2.95. The molecule has 0 atom stereocenters. The van der Waals surface area contributed by atoms with E-state index in [0.717, 1.165) is 11.3 Å². The highest BCUT2D eigenvalue weighted by Crippen LogP contribution is 2.33. The van der Waals surface area contributed by atoms with E-state index in [4.69, 9.17) is 0 Å². The lowest BCUT2D eigenvalue weighted by atomic mass is 10.1. The summed E-state index contributed by atoms with van der Waals surface area (Å²) < 4.78 is 3.33. The quantitative estimate of drug-likeness (QED) is 0.571. The van der Waals surface area contributed by atoms with E-state index in [2.05, 4.69) is 20.4 Å². The van der Waals surface area contributed by atoms with Crippen LogP contribution in [0.1, 0.15) is 23.1 Å². The van der Waals surface area contributed by atoms with E-state index in [1.165, 1.54) is 19.6 Å². The average Bonchev–Trinajstić information content (AvgIpc) is 3.12. The molecule has 0 saturated heterocycles. The minimum atomic E-state index is -1.09. The van der Waals surface area contributed by atoms with Gasteiger partial charge >= 0.3 is 5.97 Å². The Bertz CT molecular complexity index is 987. The monoisotopic (exact) mass is 324 g/mol. The van der Waals surface area contributed by atoms with Gasteiger partial charge in [0.05, 0.1) is 17.9 Å². The number of nitrogens with one attached hydrogen (secondary N) is 1. The van der Waals surface area contributed by atoms with Crippen molar-refractivity contribution < 1.29 is 14.7 Å². The predicted octanol–water partition coefficient (Wildman–Crippen LogP) is 1.15. The molecule has 1 aliphatic rings. The van der Waals surface area contributed by atoms with Crippen LogP contribution in [0, 0.1) is 0 Å². The van der Waals surface area contributed by atoms with Gasteiger partial charge < -0.3 is 10.4 Å². The third-order valence-electron chi connectivity index (χ3n) is 3.80. The first-order chi connectivity index (χ1) is 11.5. The highest BCUT2D eigenvalue weighted by atomic mass is 16.4. The van der Waals surface area contributed by atoms with Crippen molar-refractivity contribution in [3.05, 3.63) is 42.2 Å². The minimum absolute atomic E-state index is 0.0183. The summed E-state index contributed by atoms with van der Waals surface area (Å²) in [5.41, 5.74) is 2.58. The molecule has 2 aromatic heterocycles. The van der Waals surface area contributed by atoms with Crippen molar-refractivity contribution in [2.24, 2.45) is 0 Å². The number of fused-ring (bicyclic) bond motifs is 5. The number of rotatable bonds is 2. The second-order valence-corrected chi connectivity index (χ2v) is 5.37. The fourth-order valence-electron chi connectivity index (χ4n) is 2.85. The zero-order chi connectivity index (χ0) is 16.8. The summed E-state index contributed by atoms with van der Waals surface area (Å²) in [4.78, 5) is 31.0. The molecular formula is C15H12N6O3. The molecule has 3 heterocycles. The lowest BCUT2D eigenvalue weighted by Crippen LogP contribution is -2.10. The Morgan fingerprint density at radius 2 is 2.12 bits per heavy atom. The molecule has 9 nitrogen and oxygen atoms in total. The van der Waals surface area contributed by atoms with Crippen LogP contribution in [0.25, 0.3) is 17.1 Å². The molecule has 0 spiro atoms. The van der Waals surface area contributed by atoms with E-state index in [9.17, 15) is 14.7 Å². The Labute approximate surface area is 135 Å².